The molecule has 0 aromatic rings. The second kappa shape index (κ2) is 6.58. The van der Waals surface area contributed by atoms with Gasteiger partial charge in [-0.2, -0.15) is 0 Å². The average molecular weight is 228 g/mol. The lowest BCUT2D eigenvalue weighted by Crippen LogP contribution is -2.57. The van der Waals surface area contributed by atoms with Crippen LogP contribution in [0.2, 0.25) is 0 Å². The Kier molecular flexibility index (Phi) is 5.73. The van der Waals surface area contributed by atoms with Crippen molar-refractivity contribution >= 4 is 0 Å². The molecule has 0 aromatic heterocycles. The molecule has 0 saturated carbocycles. The summed E-state index contributed by atoms with van der Waals surface area (Å²) >= 11 is 0. The Bertz CT molecular complexity index is 192. The topological polar surface area (TPSA) is 38.5 Å². The van der Waals surface area contributed by atoms with Gasteiger partial charge in [0.2, 0.25) is 0 Å². The van der Waals surface area contributed by atoms with Crippen LogP contribution in [0.15, 0.2) is 0 Å². The van der Waals surface area contributed by atoms with Crippen LogP contribution in [0.3, 0.4) is 0 Å². The fourth-order valence-electron chi connectivity index (χ4n) is 2.96. The van der Waals surface area contributed by atoms with Gasteiger partial charge in [-0.3, -0.25) is 4.90 Å². The molecule has 1 aliphatic rings. The van der Waals surface area contributed by atoms with E-state index >= 15 is 0 Å². The van der Waals surface area contributed by atoms with Crippen LogP contribution >= 0.6 is 0 Å². The normalized spacial score (nSPS) is 26.6. The van der Waals surface area contributed by atoms with Crippen LogP contribution in [-0.2, 0) is 4.74 Å². The first-order valence-electron chi connectivity index (χ1n) is 6.70. The van der Waals surface area contributed by atoms with E-state index in [-0.39, 0.29) is 5.54 Å². The molecule has 0 bridgehead atoms. The van der Waals surface area contributed by atoms with Crippen LogP contribution in [0.4, 0.5) is 0 Å². The van der Waals surface area contributed by atoms with Gasteiger partial charge in [0.25, 0.3) is 0 Å². The van der Waals surface area contributed by atoms with E-state index in [1.165, 1.54) is 32.2 Å². The smallest absolute Gasteiger partial charge is 0.0698 e. The van der Waals surface area contributed by atoms with Crippen molar-refractivity contribution in [2.45, 2.75) is 57.6 Å². The molecule has 3 heteroatoms. The van der Waals surface area contributed by atoms with E-state index < -0.39 is 0 Å². The summed E-state index contributed by atoms with van der Waals surface area (Å²) in [5, 5.41) is 0. The number of hydrogen-bond donors (Lipinski definition) is 1. The first-order valence-corrected chi connectivity index (χ1v) is 6.70. The van der Waals surface area contributed by atoms with E-state index in [9.17, 15) is 0 Å². The van der Waals surface area contributed by atoms with Crippen molar-refractivity contribution in [2.24, 2.45) is 5.73 Å². The van der Waals surface area contributed by atoms with E-state index in [1.807, 2.05) is 7.11 Å². The Labute approximate surface area is 100 Å². The van der Waals surface area contributed by atoms with Crippen LogP contribution < -0.4 is 5.73 Å². The van der Waals surface area contributed by atoms with Gasteiger partial charge in [0.1, 0.15) is 0 Å². The van der Waals surface area contributed by atoms with Gasteiger partial charge in [-0.15, -0.1) is 0 Å². The summed E-state index contributed by atoms with van der Waals surface area (Å²) in [6, 6.07) is 0. The third kappa shape index (κ3) is 2.96. The van der Waals surface area contributed by atoms with Crippen molar-refractivity contribution in [3.05, 3.63) is 0 Å². The number of nitrogens with two attached hydrogens (primary N) is 1. The molecule has 2 unspecified atom stereocenters. The lowest BCUT2D eigenvalue weighted by molar-refractivity contribution is -0.0220. The summed E-state index contributed by atoms with van der Waals surface area (Å²) in [5.74, 6) is 0. The molecule has 16 heavy (non-hydrogen) atoms. The van der Waals surface area contributed by atoms with Gasteiger partial charge >= 0.3 is 0 Å². The predicted octanol–water partition coefficient (Wildman–Crippen LogP) is 2.00. The molecular formula is C13H28N2O. The largest absolute Gasteiger partial charge is 0.380 e. The lowest BCUT2D eigenvalue weighted by atomic mass is 9.86. The average Bonchev–Trinajstić information content (AvgIpc) is 2.36. The SMILES string of the molecule is CCCC(CC)(CN)N1CCCC(OC)C1. The minimum absolute atomic E-state index is 0.214. The van der Waals surface area contributed by atoms with Gasteiger partial charge in [0.15, 0.2) is 0 Å². The van der Waals surface area contributed by atoms with E-state index in [0.717, 1.165) is 19.5 Å². The van der Waals surface area contributed by atoms with E-state index in [0.29, 0.717) is 6.10 Å². The molecule has 2 atom stereocenters. The molecule has 1 saturated heterocycles. The summed E-state index contributed by atoms with van der Waals surface area (Å²) in [4.78, 5) is 2.58. The molecule has 96 valence electrons. The second-order valence-corrected chi connectivity index (χ2v) is 4.98. The highest BCUT2D eigenvalue weighted by Crippen LogP contribution is 2.28. The number of rotatable bonds is 6. The molecule has 1 heterocycles. The molecule has 0 aromatic carbocycles. The zero-order valence-corrected chi connectivity index (χ0v) is 11.2. The molecule has 1 aliphatic heterocycles. The molecule has 1 fully saturated rings. The number of likely N-dealkylation sites (tertiary alicyclic amines) is 1. The molecule has 0 aliphatic carbocycles. The minimum Gasteiger partial charge on any atom is -0.380 e. The predicted molar refractivity (Wildman–Crippen MR) is 68.6 cm³/mol. The summed E-state index contributed by atoms with van der Waals surface area (Å²) < 4.78 is 5.50. The third-order valence-corrected chi connectivity index (χ3v) is 4.14. The summed E-state index contributed by atoms with van der Waals surface area (Å²) in [6.45, 7) is 7.52. The Hall–Kier alpha value is -0.120. The van der Waals surface area contributed by atoms with Crippen molar-refractivity contribution in [3.63, 3.8) is 0 Å². The molecule has 0 amide bonds. The van der Waals surface area contributed by atoms with Crippen molar-refractivity contribution in [1.82, 2.24) is 4.90 Å². The molecule has 1 rings (SSSR count). The van der Waals surface area contributed by atoms with Crippen LogP contribution in [0.25, 0.3) is 0 Å². The molecule has 2 N–H and O–H groups in total. The zero-order valence-electron chi connectivity index (χ0n) is 11.2. The summed E-state index contributed by atoms with van der Waals surface area (Å²) in [5.41, 5.74) is 6.25. The molecule has 0 radical (unpaired) electrons. The third-order valence-electron chi connectivity index (χ3n) is 4.14. The summed E-state index contributed by atoms with van der Waals surface area (Å²) in [7, 11) is 1.82. The second-order valence-electron chi connectivity index (χ2n) is 4.98. The van der Waals surface area contributed by atoms with Crippen molar-refractivity contribution in [3.8, 4) is 0 Å². The Morgan fingerprint density at radius 2 is 2.19 bits per heavy atom. The van der Waals surface area contributed by atoms with Crippen molar-refractivity contribution < 1.29 is 4.74 Å². The number of methoxy groups -OCH3 is 1. The van der Waals surface area contributed by atoms with Crippen LogP contribution in [0.5, 0.6) is 0 Å². The zero-order chi connectivity index (χ0) is 12.0. The van der Waals surface area contributed by atoms with E-state index in [4.69, 9.17) is 10.5 Å². The Morgan fingerprint density at radius 1 is 1.44 bits per heavy atom. The van der Waals surface area contributed by atoms with Gasteiger partial charge in [0, 0.05) is 25.7 Å². The van der Waals surface area contributed by atoms with Gasteiger partial charge in [-0.1, -0.05) is 20.3 Å². The maximum atomic E-state index is 6.04. The highest BCUT2D eigenvalue weighted by atomic mass is 16.5. The van der Waals surface area contributed by atoms with Gasteiger partial charge in [-0.25, -0.2) is 0 Å². The number of nitrogens with zero attached hydrogens (tertiary/aromatic N) is 1. The van der Waals surface area contributed by atoms with E-state index in [1.54, 1.807) is 0 Å². The molecular weight excluding hydrogens is 200 g/mol. The first kappa shape index (κ1) is 13.9. The van der Waals surface area contributed by atoms with Crippen molar-refractivity contribution in [1.29, 1.82) is 0 Å². The maximum Gasteiger partial charge on any atom is 0.0698 e. The standard InChI is InChI=1S/C13H28N2O/c1-4-8-13(5-2,11-14)15-9-6-7-12(10-15)16-3/h12H,4-11,14H2,1-3H3. The lowest BCUT2D eigenvalue weighted by Gasteiger charge is -2.46. The van der Waals surface area contributed by atoms with Crippen LogP contribution in [0.1, 0.15) is 46.0 Å². The van der Waals surface area contributed by atoms with Crippen molar-refractivity contribution in [2.75, 3.05) is 26.7 Å². The maximum absolute atomic E-state index is 6.04. The van der Waals surface area contributed by atoms with Crippen LogP contribution in [-0.4, -0.2) is 43.3 Å². The quantitative estimate of drug-likeness (QED) is 0.756. The minimum atomic E-state index is 0.214. The fraction of sp³-hybridized carbons (Fsp3) is 1.00. The fourth-order valence-corrected chi connectivity index (χ4v) is 2.96. The number of ether oxygens (including phenoxy) is 1. The summed E-state index contributed by atoms with van der Waals surface area (Å²) in [6.07, 6.45) is 6.40. The molecule has 3 nitrogen and oxygen atoms in total. The number of hydrogen-bond acceptors (Lipinski definition) is 3. The monoisotopic (exact) mass is 228 g/mol. The van der Waals surface area contributed by atoms with E-state index in [2.05, 4.69) is 18.7 Å². The van der Waals surface area contributed by atoms with Crippen LogP contribution in [0, 0.1) is 0 Å². The molecule has 0 spiro atoms. The Balaban J connectivity index is 2.69. The van der Waals surface area contributed by atoms with Gasteiger partial charge < -0.3 is 10.5 Å². The Morgan fingerprint density at radius 3 is 2.69 bits per heavy atom. The highest BCUT2D eigenvalue weighted by Gasteiger charge is 2.35. The van der Waals surface area contributed by atoms with Gasteiger partial charge in [-0.05, 0) is 32.2 Å². The van der Waals surface area contributed by atoms with Gasteiger partial charge in [0.05, 0.1) is 6.10 Å². The number of piperidine rings is 1. The first-order chi connectivity index (χ1) is 7.72. The highest BCUT2D eigenvalue weighted by molar-refractivity contribution is 4.93.